The number of rotatable bonds is 1. The first-order valence-electron chi connectivity index (χ1n) is 4.36. The third-order valence-electron chi connectivity index (χ3n) is 1.96. The van der Waals surface area contributed by atoms with Gasteiger partial charge in [0.2, 0.25) is 0 Å². The average molecular weight is 306 g/mol. The average Bonchev–Trinajstić information content (AvgIpc) is 2.67. The summed E-state index contributed by atoms with van der Waals surface area (Å²) in [5.41, 5.74) is 0. The highest BCUT2D eigenvalue weighted by molar-refractivity contribution is 7.98. The van der Waals surface area contributed by atoms with Crippen LogP contribution in [0.25, 0.3) is 0 Å². The van der Waals surface area contributed by atoms with Crippen molar-refractivity contribution in [3.05, 3.63) is 5.82 Å². The van der Waals surface area contributed by atoms with Crippen LogP contribution < -0.4 is 5.32 Å². The van der Waals surface area contributed by atoms with Crippen LogP contribution in [0.2, 0.25) is 0 Å². The Kier molecular flexibility index (Phi) is 4.02. The number of halogens is 3. The Labute approximate surface area is 110 Å². The lowest BCUT2D eigenvalue weighted by molar-refractivity contribution is 0.748. The van der Waals surface area contributed by atoms with Crippen molar-refractivity contribution in [1.29, 1.82) is 0 Å². The lowest BCUT2D eigenvalue weighted by atomic mass is 10.6. The van der Waals surface area contributed by atoms with E-state index in [4.69, 9.17) is 34.8 Å². The van der Waals surface area contributed by atoms with E-state index in [1.807, 2.05) is 0 Å². The summed E-state index contributed by atoms with van der Waals surface area (Å²) in [6.07, 6.45) is 0. The summed E-state index contributed by atoms with van der Waals surface area (Å²) in [5.74, 6) is 2.52. The van der Waals surface area contributed by atoms with Gasteiger partial charge in [-0.2, -0.15) is 9.36 Å². The van der Waals surface area contributed by atoms with Gasteiger partial charge in [-0.05, 0) is 0 Å². The molecule has 0 aromatic carbocycles. The molecule has 1 aliphatic heterocycles. The highest BCUT2D eigenvalue weighted by Gasteiger charge is 2.34. The molecule has 1 fully saturated rings. The highest BCUT2D eigenvalue weighted by atomic mass is 35.6. The van der Waals surface area contributed by atoms with E-state index in [9.17, 15) is 0 Å². The maximum Gasteiger partial charge on any atom is 0.323 e. The van der Waals surface area contributed by atoms with Gasteiger partial charge in [-0.25, -0.2) is 0 Å². The maximum absolute atomic E-state index is 5.71. The quantitative estimate of drug-likeness (QED) is 0.636. The Bertz CT molecular complexity index is 332. The Morgan fingerprint density at radius 3 is 2.47 bits per heavy atom. The van der Waals surface area contributed by atoms with E-state index in [0.717, 1.165) is 28.9 Å². The smallest absolute Gasteiger partial charge is 0.308 e. The summed E-state index contributed by atoms with van der Waals surface area (Å²) in [4.78, 5) is 4.30. The molecule has 3 nitrogen and oxygen atoms in total. The fourth-order valence-corrected chi connectivity index (χ4v) is 4.69. The summed E-state index contributed by atoms with van der Waals surface area (Å²) in [7, 11) is 0.184. The molecule has 0 bridgehead atoms. The van der Waals surface area contributed by atoms with Crippen molar-refractivity contribution in [2.45, 2.75) is 8.13 Å². The Morgan fingerprint density at radius 1 is 1.27 bits per heavy atom. The lowest BCUT2D eigenvalue weighted by Gasteiger charge is -2.11. The molecule has 1 N–H and O–H groups in total. The summed E-state index contributed by atoms with van der Waals surface area (Å²) in [5, 5.41) is 3.31. The van der Waals surface area contributed by atoms with Crippen LogP contribution in [-0.4, -0.2) is 34.0 Å². The van der Waals surface area contributed by atoms with Crippen molar-refractivity contribution < 1.29 is 0 Å². The number of alkyl halides is 3. The van der Waals surface area contributed by atoms with Gasteiger partial charge in [0, 0.05) is 24.6 Å². The molecule has 0 spiro atoms. The molecule has 1 aromatic heterocycles. The van der Waals surface area contributed by atoms with E-state index >= 15 is 0 Å². The minimum atomic E-state index is -1.49. The van der Waals surface area contributed by atoms with Crippen molar-refractivity contribution in [2.75, 3.05) is 24.6 Å². The molecular weight excluding hydrogens is 297 g/mol. The number of hydrogen-bond donors (Lipinski definition) is 1. The second-order valence-corrected chi connectivity index (χ2v) is 8.51. The second-order valence-electron chi connectivity index (χ2n) is 3.03. The molecular formula is C7H9Cl3N3S2+. The molecule has 15 heavy (non-hydrogen) atoms. The maximum atomic E-state index is 5.71. The predicted octanol–water partition coefficient (Wildman–Crippen LogP) is 1.95. The molecule has 0 saturated carbocycles. The van der Waals surface area contributed by atoms with Crippen molar-refractivity contribution in [3.8, 4) is 0 Å². The van der Waals surface area contributed by atoms with Crippen LogP contribution in [0, 0.1) is 0 Å². The van der Waals surface area contributed by atoms with E-state index < -0.39 is 3.79 Å². The van der Waals surface area contributed by atoms with E-state index in [-0.39, 0.29) is 10.9 Å². The third kappa shape index (κ3) is 3.11. The van der Waals surface area contributed by atoms with Crippen LogP contribution in [-0.2, 0) is 14.7 Å². The Morgan fingerprint density at radius 2 is 1.93 bits per heavy atom. The standard InChI is InChI=1S/C7H9Cl3N3S2/c8-7(9,10)5-12-6(14-13-5)15-3-1-11-2-4-15/h11H,1-4H2/q+1. The molecule has 0 radical (unpaired) electrons. The molecule has 0 aliphatic carbocycles. The van der Waals surface area contributed by atoms with Gasteiger partial charge < -0.3 is 5.32 Å². The van der Waals surface area contributed by atoms with E-state index in [0.29, 0.717) is 5.82 Å². The summed E-state index contributed by atoms with van der Waals surface area (Å²) >= 11 is 18.5. The Balaban J connectivity index is 2.12. The first-order chi connectivity index (χ1) is 7.07. The number of aromatic nitrogens is 2. The normalized spacial score (nSPS) is 19.4. The summed E-state index contributed by atoms with van der Waals surface area (Å²) < 4.78 is 3.60. The lowest BCUT2D eigenvalue weighted by Crippen LogP contribution is -2.36. The predicted molar refractivity (Wildman–Crippen MR) is 67.4 cm³/mol. The van der Waals surface area contributed by atoms with Gasteiger partial charge in [-0.1, -0.05) is 34.8 Å². The van der Waals surface area contributed by atoms with Gasteiger partial charge in [-0.15, -0.1) is 0 Å². The van der Waals surface area contributed by atoms with Gasteiger partial charge in [0.15, 0.2) is 5.82 Å². The van der Waals surface area contributed by atoms with E-state index in [2.05, 4.69) is 14.7 Å². The number of hydrogen-bond acceptors (Lipinski definition) is 4. The zero-order valence-electron chi connectivity index (χ0n) is 7.67. The molecule has 1 aliphatic rings. The highest BCUT2D eigenvalue weighted by Crippen LogP contribution is 2.37. The summed E-state index contributed by atoms with van der Waals surface area (Å²) in [6, 6.07) is 0. The molecule has 1 aromatic rings. The van der Waals surface area contributed by atoms with Gasteiger partial charge in [0.25, 0.3) is 3.79 Å². The summed E-state index contributed by atoms with van der Waals surface area (Å²) in [6.45, 7) is 2.07. The van der Waals surface area contributed by atoms with Gasteiger partial charge in [-0.3, -0.25) is 0 Å². The monoisotopic (exact) mass is 304 g/mol. The topological polar surface area (TPSA) is 37.8 Å². The molecule has 2 rings (SSSR count). The van der Waals surface area contributed by atoms with Crippen LogP contribution in [0.1, 0.15) is 5.82 Å². The van der Waals surface area contributed by atoms with E-state index in [1.165, 1.54) is 11.5 Å². The van der Waals surface area contributed by atoms with Crippen LogP contribution >= 0.6 is 46.3 Å². The molecule has 0 unspecified atom stereocenters. The zero-order chi connectivity index (χ0) is 10.9. The fourth-order valence-electron chi connectivity index (χ4n) is 1.23. The first-order valence-corrected chi connectivity index (χ1v) is 7.83. The fraction of sp³-hybridized carbons (Fsp3) is 0.714. The second kappa shape index (κ2) is 4.94. The van der Waals surface area contributed by atoms with Crippen LogP contribution in [0.5, 0.6) is 0 Å². The van der Waals surface area contributed by atoms with Crippen LogP contribution in [0.4, 0.5) is 0 Å². The molecule has 0 atom stereocenters. The van der Waals surface area contributed by atoms with Gasteiger partial charge in [0.05, 0.1) is 10.9 Å². The number of nitrogens with one attached hydrogen (secondary N) is 1. The van der Waals surface area contributed by atoms with Gasteiger partial charge >= 0.3 is 4.34 Å². The van der Waals surface area contributed by atoms with Crippen molar-refractivity contribution >= 4 is 57.2 Å². The molecule has 0 amide bonds. The van der Waals surface area contributed by atoms with Crippen molar-refractivity contribution in [3.63, 3.8) is 0 Å². The van der Waals surface area contributed by atoms with Gasteiger partial charge in [0.1, 0.15) is 11.5 Å². The minimum absolute atomic E-state index is 0.184. The van der Waals surface area contributed by atoms with E-state index in [1.54, 1.807) is 0 Å². The Hall–Kier alpha value is 0.740. The molecule has 1 saturated heterocycles. The zero-order valence-corrected chi connectivity index (χ0v) is 11.6. The molecule has 2 heterocycles. The van der Waals surface area contributed by atoms with Crippen LogP contribution in [0.15, 0.2) is 4.34 Å². The first kappa shape index (κ1) is 12.2. The molecule has 8 heteroatoms. The minimum Gasteiger partial charge on any atom is -0.308 e. The molecule has 84 valence electrons. The van der Waals surface area contributed by atoms with Crippen molar-refractivity contribution in [1.82, 2.24) is 14.7 Å². The van der Waals surface area contributed by atoms with Crippen LogP contribution in [0.3, 0.4) is 0 Å². The number of nitrogens with zero attached hydrogens (tertiary/aromatic N) is 2. The SMILES string of the molecule is ClC(Cl)(Cl)c1nsc([S+]2CCNCC2)n1. The largest absolute Gasteiger partial charge is 0.323 e. The van der Waals surface area contributed by atoms with Crippen molar-refractivity contribution in [2.24, 2.45) is 0 Å². The third-order valence-corrected chi connectivity index (χ3v) is 5.89.